The number of carbonyl (C=O) groups is 1. The zero-order valence-electron chi connectivity index (χ0n) is 6.44. The second-order valence-corrected chi connectivity index (χ2v) is 3.37. The lowest BCUT2D eigenvalue weighted by atomic mass is 9.91. The first-order valence-electron chi connectivity index (χ1n) is 4.08. The zero-order valence-corrected chi connectivity index (χ0v) is 6.44. The van der Waals surface area contributed by atoms with E-state index in [0.29, 0.717) is 0 Å². The second kappa shape index (κ2) is 2.37. The predicted octanol–water partition coefficient (Wildman–Crippen LogP) is -0.579. The van der Waals surface area contributed by atoms with Gasteiger partial charge in [0.1, 0.15) is 0 Å². The van der Waals surface area contributed by atoms with Crippen LogP contribution >= 0.6 is 0 Å². The van der Waals surface area contributed by atoms with Crippen molar-refractivity contribution in [3.05, 3.63) is 0 Å². The molecule has 2 saturated heterocycles. The van der Waals surface area contributed by atoms with Gasteiger partial charge in [-0.1, -0.05) is 0 Å². The quantitative estimate of drug-likeness (QED) is 0.438. The number of hydrogen-bond acceptors (Lipinski definition) is 2. The van der Waals surface area contributed by atoms with Crippen LogP contribution in [0.1, 0.15) is 12.8 Å². The largest absolute Gasteiger partial charge is 0.336 e. The molecule has 2 aliphatic rings. The minimum absolute atomic E-state index is 0.0197. The fourth-order valence-corrected chi connectivity index (χ4v) is 1.80. The van der Waals surface area contributed by atoms with E-state index in [1.807, 2.05) is 0 Å². The summed E-state index contributed by atoms with van der Waals surface area (Å²) < 4.78 is 0. The second-order valence-electron chi connectivity index (χ2n) is 3.37. The highest BCUT2D eigenvalue weighted by Gasteiger charge is 2.38. The SMILES string of the molecule is O=C1NC[C@@]2(CCCNC2)N1. The maximum Gasteiger partial charge on any atom is 0.315 e. The van der Waals surface area contributed by atoms with Crippen LogP contribution in [0.15, 0.2) is 0 Å². The number of nitrogens with one attached hydrogen (secondary N) is 3. The molecule has 0 bridgehead atoms. The van der Waals surface area contributed by atoms with Gasteiger partial charge in [-0.25, -0.2) is 4.79 Å². The van der Waals surface area contributed by atoms with E-state index in [9.17, 15) is 4.79 Å². The minimum atomic E-state index is -0.0197. The number of rotatable bonds is 0. The van der Waals surface area contributed by atoms with Gasteiger partial charge in [-0.05, 0) is 19.4 Å². The van der Waals surface area contributed by atoms with Crippen LogP contribution in [0.25, 0.3) is 0 Å². The Balaban J connectivity index is 2.03. The topological polar surface area (TPSA) is 53.2 Å². The van der Waals surface area contributed by atoms with E-state index in [1.54, 1.807) is 0 Å². The Morgan fingerprint density at radius 1 is 1.36 bits per heavy atom. The van der Waals surface area contributed by atoms with Crippen LogP contribution in [-0.2, 0) is 0 Å². The number of piperidine rings is 1. The third-order valence-electron chi connectivity index (χ3n) is 2.44. The molecule has 1 atom stereocenters. The standard InChI is InChI=1S/C7H13N3O/c11-6-9-5-7(10-6)2-1-3-8-4-7/h8H,1-5H2,(H2,9,10,11)/t7-/m0/s1. The lowest BCUT2D eigenvalue weighted by Gasteiger charge is -2.32. The van der Waals surface area contributed by atoms with Gasteiger partial charge in [0.25, 0.3) is 0 Å². The van der Waals surface area contributed by atoms with Crippen LogP contribution < -0.4 is 16.0 Å². The Bertz CT molecular complexity index is 175. The summed E-state index contributed by atoms with van der Waals surface area (Å²) in [5.41, 5.74) is 0.0231. The van der Waals surface area contributed by atoms with Gasteiger partial charge in [0, 0.05) is 13.1 Å². The van der Waals surface area contributed by atoms with Crippen molar-refractivity contribution in [3.63, 3.8) is 0 Å². The zero-order chi connectivity index (χ0) is 7.73. The molecule has 0 aliphatic carbocycles. The molecule has 2 amide bonds. The van der Waals surface area contributed by atoms with Crippen molar-refractivity contribution in [1.82, 2.24) is 16.0 Å². The molecule has 62 valence electrons. The molecule has 2 rings (SSSR count). The van der Waals surface area contributed by atoms with E-state index < -0.39 is 0 Å². The molecule has 4 nitrogen and oxygen atoms in total. The summed E-state index contributed by atoms with van der Waals surface area (Å²) in [5.74, 6) is 0. The maximum atomic E-state index is 10.9. The van der Waals surface area contributed by atoms with Crippen LogP contribution in [0.4, 0.5) is 4.79 Å². The van der Waals surface area contributed by atoms with Gasteiger partial charge in [0.05, 0.1) is 5.54 Å². The van der Waals surface area contributed by atoms with Crippen molar-refractivity contribution in [3.8, 4) is 0 Å². The average molecular weight is 155 g/mol. The van der Waals surface area contributed by atoms with Crippen molar-refractivity contribution >= 4 is 6.03 Å². The first-order chi connectivity index (χ1) is 5.31. The van der Waals surface area contributed by atoms with Crippen molar-refractivity contribution in [2.45, 2.75) is 18.4 Å². The first kappa shape index (κ1) is 6.91. The summed E-state index contributed by atoms with van der Waals surface area (Å²) in [6.45, 7) is 2.77. The van der Waals surface area contributed by atoms with E-state index >= 15 is 0 Å². The van der Waals surface area contributed by atoms with Gasteiger partial charge in [0.15, 0.2) is 0 Å². The van der Waals surface area contributed by atoms with Gasteiger partial charge in [0.2, 0.25) is 0 Å². The van der Waals surface area contributed by atoms with Gasteiger partial charge in [-0.2, -0.15) is 0 Å². The summed E-state index contributed by atoms with van der Waals surface area (Å²) in [6.07, 6.45) is 2.25. The Hall–Kier alpha value is -0.770. The Morgan fingerprint density at radius 3 is 2.82 bits per heavy atom. The molecule has 2 aliphatic heterocycles. The highest BCUT2D eigenvalue weighted by molar-refractivity contribution is 5.77. The van der Waals surface area contributed by atoms with Crippen LogP contribution in [0.3, 0.4) is 0 Å². The third kappa shape index (κ3) is 1.18. The van der Waals surface area contributed by atoms with Crippen molar-refractivity contribution in [1.29, 1.82) is 0 Å². The van der Waals surface area contributed by atoms with Gasteiger partial charge < -0.3 is 16.0 Å². The van der Waals surface area contributed by atoms with Crippen LogP contribution in [-0.4, -0.2) is 31.2 Å². The molecule has 0 aromatic carbocycles. The van der Waals surface area contributed by atoms with E-state index in [2.05, 4.69) is 16.0 Å². The van der Waals surface area contributed by atoms with Crippen LogP contribution in [0.2, 0.25) is 0 Å². The minimum Gasteiger partial charge on any atom is -0.336 e. The normalized spacial score (nSPS) is 36.9. The van der Waals surface area contributed by atoms with Crippen molar-refractivity contribution in [2.75, 3.05) is 19.6 Å². The molecule has 0 aromatic heterocycles. The van der Waals surface area contributed by atoms with Gasteiger partial charge in [-0.15, -0.1) is 0 Å². The van der Waals surface area contributed by atoms with Crippen molar-refractivity contribution in [2.24, 2.45) is 0 Å². The third-order valence-corrected chi connectivity index (χ3v) is 2.44. The molecule has 0 aromatic rings. The molecule has 0 unspecified atom stereocenters. The highest BCUT2D eigenvalue weighted by atomic mass is 16.2. The Morgan fingerprint density at radius 2 is 2.27 bits per heavy atom. The maximum absolute atomic E-state index is 10.9. The molecular weight excluding hydrogens is 142 g/mol. The van der Waals surface area contributed by atoms with Crippen LogP contribution in [0, 0.1) is 0 Å². The summed E-state index contributed by atoms with van der Waals surface area (Å²) >= 11 is 0. The molecule has 2 fully saturated rings. The number of carbonyl (C=O) groups excluding carboxylic acids is 1. The van der Waals surface area contributed by atoms with Crippen molar-refractivity contribution < 1.29 is 4.79 Å². The lowest BCUT2D eigenvalue weighted by Crippen LogP contribution is -2.54. The summed E-state index contributed by atoms with van der Waals surface area (Å²) in [5, 5.41) is 9.03. The fourth-order valence-electron chi connectivity index (χ4n) is 1.80. The monoisotopic (exact) mass is 155 g/mol. The fraction of sp³-hybridized carbons (Fsp3) is 0.857. The molecule has 11 heavy (non-hydrogen) atoms. The van der Waals surface area contributed by atoms with Crippen LogP contribution in [0.5, 0.6) is 0 Å². The Labute approximate surface area is 65.7 Å². The van der Waals surface area contributed by atoms with E-state index in [-0.39, 0.29) is 11.6 Å². The highest BCUT2D eigenvalue weighted by Crippen LogP contribution is 2.17. The predicted molar refractivity (Wildman–Crippen MR) is 41.4 cm³/mol. The van der Waals surface area contributed by atoms with E-state index in [1.165, 1.54) is 0 Å². The number of hydrogen-bond donors (Lipinski definition) is 3. The molecular formula is C7H13N3O. The summed E-state index contributed by atoms with van der Waals surface area (Å²) in [6, 6.07) is -0.0197. The number of urea groups is 1. The lowest BCUT2D eigenvalue weighted by molar-refractivity contribution is 0.239. The Kier molecular flexibility index (Phi) is 1.49. The molecule has 4 heteroatoms. The number of amides is 2. The summed E-state index contributed by atoms with van der Waals surface area (Å²) in [4.78, 5) is 10.9. The smallest absolute Gasteiger partial charge is 0.315 e. The van der Waals surface area contributed by atoms with Gasteiger partial charge in [-0.3, -0.25) is 0 Å². The average Bonchev–Trinajstić information content (AvgIpc) is 2.34. The van der Waals surface area contributed by atoms with Gasteiger partial charge >= 0.3 is 6.03 Å². The molecule has 2 heterocycles. The molecule has 0 saturated carbocycles. The van der Waals surface area contributed by atoms with E-state index in [4.69, 9.17) is 0 Å². The molecule has 0 radical (unpaired) electrons. The molecule has 3 N–H and O–H groups in total. The van der Waals surface area contributed by atoms with E-state index in [0.717, 1.165) is 32.5 Å². The summed E-state index contributed by atoms with van der Waals surface area (Å²) in [7, 11) is 0. The molecule has 1 spiro atoms. The first-order valence-corrected chi connectivity index (χ1v) is 4.08.